The molecule has 1 aromatic carbocycles. The highest BCUT2D eigenvalue weighted by molar-refractivity contribution is 5.90. The van der Waals surface area contributed by atoms with Gasteiger partial charge in [-0.25, -0.2) is 14.2 Å². The number of ether oxygens (including phenoxy) is 1. The van der Waals surface area contributed by atoms with Crippen LogP contribution in [-0.2, 0) is 14.3 Å². The van der Waals surface area contributed by atoms with Crippen LogP contribution in [0, 0.1) is 5.82 Å². The van der Waals surface area contributed by atoms with Gasteiger partial charge in [0.15, 0.2) is 0 Å². The topological polar surface area (TPSA) is 85.4 Å². The lowest BCUT2D eigenvalue weighted by Gasteiger charge is -2.27. The fraction of sp³-hybridized carbons (Fsp3) is 0.526. The summed E-state index contributed by atoms with van der Waals surface area (Å²) in [7, 11) is 1.83. The van der Waals surface area contributed by atoms with Crippen LogP contribution in [-0.4, -0.2) is 80.3 Å². The van der Waals surface area contributed by atoms with Crippen LogP contribution >= 0.6 is 0 Å². The largest absolute Gasteiger partial charge is 0.442 e. The van der Waals surface area contributed by atoms with Crippen molar-refractivity contribution in [2.24, 2.45) is 0 Å². The molecule has 10 heteroatoms. The first kappa shape index (κ1) is 20.8. The zero-order chi connectivity index (χ0) is 21.1. The number of nitrogens with zero attached hydrogens (tertiary/aromatic N) is 4. The number of hydrogen-bond acceptors (Lipinski definition) is 6. The van der Waals surface area contributed by atoms with E-state index in [0.29, 0.717) is 37.6 Å². The molecule has 0 radical (unpaired) electrons. The second-order valence-corrected chi connectivity index (χ2v) is 7.20. The monoisotopic (exact) mass is 407 g/mol. The lowest BCUT2D eigenvalue weighted by molar-refractivity contribution is -0.142. The Morgan fingerprint density at radius 2 is 1.93 bits per heavy atom. The fourth-order valence-corrected chi connectivity index (χ4v) is 3.54. The molecule has 2 aliphatic rings. The molecule has 2 aliphatic heterocycles. The number of likely N-dealkylation sites (N-methyl/N-ethyl adjacent to an activating group) is 1. The van der Waals surface area contributed by atoms with Crippen LogP contribution in [0.3, 0.4) is 0 Å². The summed E-state index contributed by atoms with van der Waals surface area (Å²) in [6, 6.07) is 4.63. The minimum atomic E-state index is -0.569. The molecule has 29 heavy (non-hydrogen) atoms. The average Bonchev–Trinajstić information content (AvgIpc) is 2.91. The summed E-state index contributed by atoms with van der Waals surface area (Å²) < 4.78 is 20.1. The van der Waals surface area contributed by atoms with E-state index in [1.54, 1.807) is 17.1 Å². The van der Waals surface area contributed by atoms with E-state index in [1.165, 1.54) is 24.8 Å². The predicted octanol–water partition coefficient (Wildman–Crippen LogP) is 0.802. The van der Waals surface area contributed by atoms with Gasteiger partial charge in [0.1, 0.15) is 11.9 Å². The lowest BCUT2D eigenvalue weighted by atomic mass is 10.2. The number of hydrazine groups is 1. The standard InChI is InChI=1S/C19H26FN5O4/c1-13(26)21-11-16-12-24(19(28)29-16)15-4-5-18(17(20)10-15)23-7-6-22(3)25(9-8-23)14(2)27/h4-5,10,16H,6-9,11-12H2,1-3H3,(H,21,26)/t16-/m0/s1. The predicted molar refractivity (Wildman–Crippen MR) is 105 cm³/mol. The average molecular weight is 407 g/mol. The molecule has 0 spiro atoms. The van der Waals surface area contributed by atoms with Crippen molar-refractivity contribution in [3.63, 3.8) is 0 Å². The van der Waals surface area contributed by atoms with E-state index in [0.717, 1.165) is 0 Å². The third-order valence-corrected chi connectivity index (χ3v) is 5.09. The molecule has 2 heterocycles. The summed E-state index contributed by atoms with van der Waals surface area (Å²) in [6.07, 6.45) is -1.05. The maximum absolute atomic E-state index is 14.9. The maximum atomic E-state index is 14.9. The second-order valence-electron chi connectivity index (χ2n) is 7.20. The molecular weight excluding hydrogens is 381 g/mol. The Bertz CT molecular complexity index is 805. The summed E-state index contributed by atoms with van der Waals surface area (Å²) in [5, 5.41) is 6.09. The summed E-state index contributed by atoms with van der Waals surface area (Å²) >= 11 is 0. The quantitative estimate of drug-likeness (QED) is 0.795. The lowest BCUT2D eigenvalue weighted by Crippen LogP contribution is -2.43. The fourth-order valence-electron chi connectivity index (χ4n) is 3.54. The van der Waals surface area contributed by atoms with E-state index in [-0.39, 0.29) is 24.9 Å². The van der Waals surface area contributed by atoms with Crippen molar-refractivity contribution < 1.29 is 23.5 Å². The van der Waals surface area contributed by atoms with E-state index >= 15 is 0 Å². The van der Waals surface area contributed by atoms with Crippen molar-refractivity contribution >= 4 is 29.3 Å². The third-order valence-electron chi connectivity index (χ3n) is 5.09. The van der Waals surface area contributed by atoms with Gasteiger partial charge in [0.25, 0.3) is 0 Å². The van der Waals surface area contributed by atoms with Gasteiger partial charge in [-0.1, -0.05) is 0 Å². The minimum absolute atomic E-state index is 0.0495. The van der Waals surface area contributed by atoms with Gasteiger partial charge in [0, 0.05) is 40.5 Å². The summed E-state index contributed by atoms with van der Waals surface area (Å²) in [4.78, 5) is 38.1. The number of anilines is 2. The highest BCUT2D eigenvalue weighted by atomic mass is 19.1. The highest BCUT2D eigenvalue weighted by Gasteiger charge is 2.33. The van der Waals surface area contributed by atoms with E-state index in [2.05, 4.69) is 5.32 Å². The molecule has 2 saturated heterocycles. The van der Waals surface area contributed by atoms with Gasteiger partial charge in [-0.15, -0.1) is 0 Å². The van der Waals surface area contributed by atoms with Gasteiger partial charge in [-0.3, -0.25) is 19.5 Å². The summed E-state index contributed by atoms with van der Waals surface area (Å²) in [5.74, 6) is -0.701. The van der Waals surface area contributed by atoms with Gasteiger partial charge in [0.2, 0.25) is 11.8 Å². The smallest absolute Gasteiger partial charge is 0.414 e. The zero-order valence-electron chi connectivity index (χ0n) is 16.9. The van der Waals surface area contributed by atoms with Crippen LogP contribution < -0.4 is 15.1 Å². The van der Waals surface area contributed by atoms with Crippen LogP contribution in [0.4, 0.5) is 20.6 Å². The van der Waals surface area contributed by atoms with Crippen molar-refractivity contribution in [1.82, 2.24) is 15.3 Å². The van der Waals surface area contributed by atoms with Crippen LogP contribution in [0.15, 0.2) is 18.2 Å². The van der Waals surface area contributed by atoms with Gasteiger partial charge < -0.3 is 15.0 Å². The van der Waals surface area contributed by atoms with E-state index in [1.807, 2.05) is 17.0 Å². The Hall–Kier alpha value is -2.88. The number of carbonyl (C=O) groups excluding carboxylic acids is 3. The van der Waals surface area contributed by atoms with Gasteiger partial charge in [-0.2, -0.15) is 0 Å². The number of rotatable bonds is 4. The Labute approximate surface area is 168 Å². The molecule has 1 aromatic rings. The van der Waals surface area contributed by atoms with Crippen molar-refractivity contribution in [2.75, 3.05) is 56.1 Å². The first-order valence-electron chi connectivity index (χ1n) is 9.52. The van der Waals surface area contributed by atoms with E-state index in [9.17, 15) is 18.8 Å². The molecule has 2 fully saturated rings. The zero-order valence-corrected chi connectivity index (χ0v) is 16.9. The van der Waals surface area contributed by atoms with Gasteiger partial charge in [-0.05, 0) is 18.2 Å². The molecule has 3 amide bonds. The van der Waals surface area contributed by atoms with Crippen molar-refractivity contribution in [3.05, 3.63) is 24.0 Å². The number of cyclic esters (lactones) is 1. The number of carbonyl (C=O) groups is 3. The van der Waals surface area contributed by atoms with E-state index in [4.69, 9.17) is 4.74 Å². The normalized spacial score (nSPS) is 20.5. The number of halogens is 1. The molecule has 0 saturated carbocycles. The third kappa shape index (κ3) is 4.76. The Morgan fingerprint density at radius 1 is 1.21 bits per heavy atom. The van der Waals surface area contributed by atoms with Crippen LogP contribution in [0.5, 0.6) is 0 Å². The number of nitrogens with one attached hydrogen (secondary N) is 1. The summed E-state index contributed by atoms with van der Waals surface area (Å²) in [5.41, 5.74) is 0.828. The maximum Gasteiger partial charge on any atom is 0.414 e. The van der Waals surface area contributed by atoms with Gasteiger partial charge in [0.05, 0.1) is 31.0 Å². The minimum Gasteiger partial charge on any atom is -0.442 e. The first-order chi connectivity index (χ1) is 13.8. The molecule has 158 valence electrons. The first-order valence-corrected chi connectivity index (χ1v) is 9.52. The van der Waals surface area contributed by atoms with Crippen molar-refractivity contribution in [2.45, 2.75) is 20.0 Å². The molecule has 9 nitrogen and oxygen atoms in total. The molecule has 3 rings (SSSR count). The van der Waals surface area contributed by atoms with Crippen molar-refractivity contribution in [1.29, 1.82) is 0 Å². The molecule has 0 bridgehead atoms. The molecule has 1 atom stereocenters. The number of amides is 3. The Kier molecular flexibility index (Phi) is 6.21. The summed E-state index contributed by atoms with van der Waals surface area (Å²) in [6.45, 7) is 5.48. The highest BCUT2D eigenvalue weighted by Crippen LogP contribution is 2.28. The second kappa shape index (κ2) is 8.64. The van der Waals surface area contributed by atoms with Crippen LogP contribution in [0.1, 0.15) is 13.8 Å². The Balaban J connectivity index is 1.70. The van der Waals surface area contributed by atoms with Gasteiger partial charge >= 0.3 is 6.09 Å². The van der Waals surface area contributed by atoms with Crippen molar-refractivity contribution in [3.8, 4) is 0 Å². The van der Waals surface area contributed by atoms with E-state index < -0.39 is 18.0 Å². The molecule has 1 N–H and O–H groups in total. The molecule has 0 aromatic heterocycles. The number of benzene rings is 1. The molecule has 0 unspecified atom stereocenters. The number of hydrogen-bond donors (Lipinski definition) is 1. The molecule has 0 aliphatic carbocycles. The SMILES string of the molecule is CC(=O)NC[C@H]1CN(c2ccc(N3CCN(C)N(C(C)=O)CC3)c(F)c2)C(=O)O1. The Morgan fingerprint density at radius 3 is 2.59 bits per heavy atom. The van der Waals surface area contributed by atoms with Crippen LogP contribution in [0.25, 0.3) is 0 Å². The molecular formula is C19H26FN5O4. The van der Waals surface area contributed by atoms with Crippen LogP contribution in [0.2, 0.25) is 0 Å².